The molecule has 2 aromatic carbocycles. The fourth-order valence-corrected chi connectivity index (χ4v) is 3.29. The Morgan fingerprint density at radius 3 is 2.12 bits per heavy atom. The molecule has 1 aliphatic rings. The van der Waals surface area contributed by atoms with Crippen LogP contribution >= 0.6 is 0 Å². The standard InChI is InChI=1S/C22H24O3/c1-3-11-18(22(23)24-4-2)21-19(16-12-7-5-8-13-16)20(25-21)17-14-9-6-10-15-17/h5-10,12-15,19-20H,3-4,11H2,1-2H3/b21-18-. The van der Waals surface area contributed by atoms with Gasteiger partial charge in [-0.3, -0.25) is 0 Å². The van der Waals surface area contributed by atoms with Crippen LogP contribution in [0.2, 0.25) is 0 Å². The highest BCUT2D eigenvalue weighted by Gasteiger charge is 2.43. The van der Waals surface area contributed by atoms with Crippen molar-refractivity contribution in [3.8, 4) is 0 Å². The molecule has 0 saturated carbocycles. The number of rotatable bonds is 6. The van der Waals surface area contributed by atoms with E-state index in [0.29, 0.717) is 18.6 Å². The lowest BCUT2D eigenvalue weighted by Crippen LogP contribution is -2.31. The molecule has 2 unspecified atom stereocenters. The van der Waals surface area contributed by atoms with Gasteiger partial charge in [-0.25, -0.2) is 4.79 Å². The average molecular weight is 336 g/mol. The van der Waals surface area contributed by atoms with Crippen molar-refractivity contribution >= 4 is 5.97 Å². The van der Waals surface area contributed by atoms with Gasteiger partial charge in [0.25, 0.3) is 0 Å². The van der Waals surface area contributed by atoms with E-state index in [0.717, 1.165) is 23.3 Å². The van der Waals surface area contributed by atoms with E-state index in [-0.39, 0.29) is 18.0 Å². The van der Waals surface area contributed by atoms with Crippen molar-refractivity contribution in [3.05, 3.63) is 83.1 Å². The lowest BCUT2D eigenvalue weighted by atomic mass is 9.80. The second kappa shape index (κ2) is 8.02. The number of benzene rings is 2. The van der Waals surface area contributed by atoms with Gasteiger partial charge in [0.2, 0.25) is 0 Å². The minimum Gasteiger partial charge on any atom is -0.488 e. The summed E-state index contributed by atoms with van der Waals surface area (Å²) in [5, 5.41) is 0. The number of hydrogen-bond acceptors (Lipinski definition) is 3. The summed E-state index contributed by atoms with van der Waals surface area (Å²) >= 11 is 0. The third kappa shape index (κ3) is 3.60. The number of carbonyl (C=O) groups excluding carboxylic acids is 1. The summed E-state index contributed by atoms with van der Waals surface area (Å²) in [6, 6.07) is 20.4. The van der Waals surface area contributed by atoms with E-state index in [9.17, 15) is 4.79 Å². The second-order valence-electron chi connectivity index (χ2n) is 6.15. The molecule has 3 nitrogen and oxygen atoms in total. The highest BCUT2D eigenvalue weighted by atomic mass is 16.5. The lowest BCUT2D eigenvalue weighted by molar-refractivity contribution is -0.139. The lowest BCUT2D eigenvalue weighted by Gasteiger charge is -2.42. The molecule has 2 atom stereocenters. The molecular weight excluding hydrogens is 312 g/mol. The van der Waals surface area contributed by atoms with Crippen LogP contribution < -0.4 is 0 Å². The molecule has 1 aliphatic heterocycles. The van der Waals surface area contributed by atoms with Crippen LogP contribution in [0.5, 0.6) is 0 Å². The SMILES string of the molecule is CCC/C(C(=O)OCC)=C1/OC(c2ccccc2)C1c1ccccc1. The Labute approximate surface area is 149 Å². The summed E-state index contributed by atoms with van der Waals surface area (Å²) in [6.07, 6.45) is 1.47. The molecule has 3 heteroatoms. The smallest absolute Gasteiger partial charge is 0.337 e. The summed E-state index contributed by atoms with van der Waals surface area (Å²) in [4.78, 5) is 12.4. The molecule has 0 aliphatic carbocycles. The maximum absolute atomic E-state index is 12.4. The van der Waals surface area contributed by atoms with Crippen LogP contribution in [0.25, 0.3) is 0 Å². The van der Waals surface area contributed by atoms with Gasteiger partial charge in [-0.15, -0.1) is 0 Å². The summed E-state index contributed by atoms with van der Waals surface area (Å²) in [5.74, 6) is 0.557. The van der Waals surface area contributed by atoms with Gasteiger partial charge in [0.15, 0.2) is 0 Å². The van der Waals surface area contributed by atoms with Crippen LogP contribution in [0, 0.1) is 0 Å². The van der Waals surface area contributed by atoms with E-state index in [2.05, 4.69) is 31.2 Å². The minimum atomic E-state index is -0.258. The van der Waals surface area contributed by atoms with Gasteiger partial charge in [0.1, 0.15) is 11.9 Å². The van der Waals surface area contributed by atoms with Crippen LogP contribution in [-0.2, 0) is 14.3 Å². The van der Waals surface area contributed by atoms with Gasteiger partial charge in [0.05, 0.1) is 18.1 Å². The Bertz CT molecular complexity index is 734. The topological polar surface area (TPSA) is 35.5 Å². The molecule has 1 fully saturated rings. The summed E-state index contributed by atoms with van der Waals surface area (Å²) in [5.41, 5.74) is 2.96. The zero-order valence-electron chi connectivity index (χ0n) is 14.8. The van der Waals surface area contributed by atoms with Crippen molar-refractivity contribution in [1.29, 1.82) is 0 Å². The molecule has 0 radical (unpaired) electrons. The summed E-state index contributed by atoms with van der Waals surface area (Å²) in [6.45, 7) is 4.26. The maximum Gasteiger partial charge on any atom is 0.337 e. The molecule has 0 bridgehead atoms. The number of carbonyl (C=O) groups is 1. The molecule has 25 heavy (non-hydrogen) atoms. The van der Waals surface area contributed by atoms with Crippen molar-refractivity contribution < 1.29 is 14.3 Å². The molecule has 0 N–H and O–H groups in total. The molecule has 1 heterocycles. The van der Waals surface area contributed by atoms with Crippen LogP contribution in [0.15, 0.2) is 72.0 Å². The van der Waals surface area contributed by atoms with Crippen LogP contribution in [0.4, 0.5) is 0 Å². The molecule has 0 amide bonds. The predicted octanol–water partition coefficient (Wildman–Crippen LogP) is 5.16. The van der Waals surface area contributed by atoms with E-state index >= 15 is 0 Å². The fraction of sp³-hybridized carbons (Fsp3) is 0.318. The van der Waals surface area contributed by atoms with E-state index in [1.165, 1.54) is 0 Å². The first-order valence-electron chi connectivity index (χ1n) is 8.93. The first-order valence-corrected chi connectivity index (χ1v) is 8.93. The van der Waals surface area contributed by atoms with Gasteiger partial charge in [-0.05, 0) is 24.5 Å². The van der Waals surface area contributed by atoms with Gasteiger partial charge >= 0.3 is 5.97 Å². The maximum atomic E-state index is 12.4. The quantitative estimate of drug-likeness (QED) is 0.540. The van der Waals surface area contributed by atoms with Crippen molar-refractivity contribution in [2.45, 2.75) is 38.7 Å². The second-order valence-corrected chi connectivity index (χ2v) is 6.15. The van der Waals surface area contributed by atoms with Crippen LogP contribution in [0.1, 0.15) is 49.8 Å². The Morgan fingerprint density at radius 2 is 1.56 bits per heavy atom. The zero-order chi connectivity index (χ0) is 17.6. The Balaban J connectivity index is 2.01. The Kier molecular flexibility index (Phi) is 5.54. The molecule has 3 rings (SSSR count). The molecular formula is C22H24O3. The summed E-state index contributed by atoms with van der Waals surface area (Å²) in [7, 11) is 0. The third-order valence-corrected chi connectivity index (χ3v) is 4.45. The van der Waals surface area contributed by atoms with Gasteiger partial charge in [0, 0.05) is 0 Å². The molecule has 2 aromatic rings. The fourth-order valence-electron chi connectivity index (χ4n) is 3.29. The van der Waals surface area contributed by atoms with E-state index in [1.54, 1.807) is 0 Å². The molecule has 130 valence electrons. The number of hydrogen-bond donors (Lipinski definition) is 0. The molecule has 1 saturated heterocycles. The number of esters is 1. The number of ether oxygens (including phenoxy) is 2. The molecule has 0 aromatic heterocycles. The summed E-state index contributed by atoms with van der Waals surface area (Å²) < 4.78 is 11.4. The monoisotopic (exact) mass is 336 g/mol. The third-order valence-electron chi connectivity index (χ3n) is 4.45. The van der Waals surface area contributed by atoms with Gasteiger partial charge < -0.3 is 9.47 Å². The minimum absolute atomic E-state index is 0.0505. The van der Waals surface area contributed by atoms with Crippen molar-refractivity contribution in [3.63, 3.8) is 0 Å². The Hall–Kier alpha value is -2.55. The first-order chi connectivity index (χ1) is 12.3. The molecule has 0 spiro atoms. The highest BCUT2D eigenvalue weighted by Crippen LogP contribution is 2.52. The van der Waals surface area contributed by atoms with Gasteiger partial charge in [-0.2, -0.15) is 0 Å². The van der Waals surface area contributed by atoms with E-state index < -0.39 is 0 Å². The Morgan fingerprint density at radius 1 is 0.960 bits per heavy atom. The highest BCUT2D eigenvalue weighted by molar-refractivity contribution is 5.89. The van der Waals surface area contributed by atoms with Crippen LogP contribution in [0.3, 0.4) is 0 Å². The van der Waals surface area contributed by atoms with Crippen molar-refractivity contribution in [2.24, 2.45) is 0 Å². The van der Waals surface area contributed by atoms with Gasteiger partial charge in [-0.1, -0.05) is 74.0 Å². The predicted molar refractivity (Wildman–Crippen MR) is 98.0 cm³/mol. The first kappa shape index (κ1) is 17.3. The normalized spacial score (nSPS) is 21.0. The van der Waals surface area contributed by atoms with Crippen molar-refractivity contribution in [2.75, 3.05) is 6.61 Å². The van der Waals surface area contributed by atoms with E-state index in [4.69, 9.17) is 9.47 Å². The van der Waals surface area contributed by atoms with Crippen molar-refractivity contribution in [1.82, 2.24) is 0 Å². The zero-order valence-corrected chi connectivity index (χ0v) is 14.8. The largest absolute Gasteiger partial charge is 0.488 e. The van der Waals surface area contributed by atoms with Crippen LogP contribution in [-0.4, -0.2) is 12.6 Å². The van der Waals surface area contributed by atoms with E-state index in [1.807, 2.05) is 43.3 Å². The average Bonchev–Trinajstić information content (AvgIpc) is 2.62.